The van der Waals surface area contributed by atoms with E-state index in [9.17, 15) is 4.79 Å². The van der Waals surface area contributed by atoms with Crippen molar-refractivity contribution < 1.29 is 19.4 Å². The largest absolute Gasteiger partial charge is 0.497 e. The molecule has 0 saturated heterocycles. The molecule has 23 heavy (non-hydrogen) atoms. The van der Waals surface area contributed by atoms with Gasteiger partial charge in [-0.15, -0.1) is 0 Å². The Bertz CT molecular complexity index is 641. The fraction of sp³-hybridized carbons (Fsp3) is 0.421. The minimum absolute atomic E-state index is 0.0326. The topological polar surface area (TPSA) is 55.8 Å². The van der Waals surface area contributed by atoms with Gasteiger partial charge in [-0.2, -0.15) is 0 Å². The van der Waals surface area contributed by atoms with Crippen LogP contribution in [0, 0.1) is 11.3 Å². The van der Waals surface area contributed by atoms with Gasteiger partial charge in [0.15, 0.2) is 0 Å². The molecule has 1 unspecified atom stereocenters. The highest BCUT2D eigenvalue weighted by molar-refractivity contribution is 5.79. The fourth-order valence-electron chi connectivity index (χ4n) is 2.54. The highest BCUT2D eigenvalue weighted by atomic mass is 16.5. The van der Waals surface area contributed by atoms with Crippen LogP contribution in [0.15, 0.2) is 36.4 Å². The Morgan fingerprint density at radius 3 is 2.87 bits per heavy atom. The average Bonchev–Trinajstić information content (AvgIpc) is 2.60. The lowest BCUT2D eigenvalue weighted by Gasteiger charge is -2.18. The summed E-state index contributed by atoms with van der Waals surface area (Å²) in [6.45, 7) is 6.72. The Kier molecular flexibility index (Phi) is 5.14. The number of methoxy groups -OCH3 is 1. The normalized spacial score (nSPS) is 17.7. The Morgan fingerprint density at radius 1 is 1.48 bits per heavy atom. The van der Waals surface area contributed by atoms with Crippen molar-refractivity contribution in [1.82, 2.24) is 0 Å². The van der Waals surface area contributed by atoms with E-state index >= 15 is 0 Å². The van der Waals surface area contributed by atoms with Crippen molar-refractivity contribution in [2.45, 2.75) is 27.2 Å². The summed E-state index contributed by atoms with van der Waals surface area (Å²) in [5, 5.41) is 8.89. The molecule has 124 valence electrons. The van der Waals surface area contributed by atoms with Gasteiger partial charge in [0.1, 0.15) is 11.5 Å². The summed E-state index contributed by atoms with van der Waals surface area (Å²) in [6, 6.07) is 5.75. The van der Waals surface area contributed by atoms with E-state index < -0.39 is 5.97 Å². The van der Waals surface area contributed by atoms with Crippen LogP contribution in [-0.2, 0) is 4.79 Å². The van der Waals surface area contributed by atoms with Gasteiger partial charge in [0.2, 0.25) is 0 Å². The second-order valence-electron chi connectivity index (χ2n) is 6.67. The molecule has 0 amide bonds. The van der Waals surface area contributed by atoms with Gasteiger partial charge in [-0.3, -0.25) is 4.79 Å². The van der Waals surface area contributed by atoms with Crippen molar-refractivity contribution in [3.63, 3.8) is 0 Å². The van der Waals surface area contributed by atoms with Crippen molar-refractivity contribution in [1.29, 1.82) is 0 Å². The first-order valence-corrected chi connectivity index (χ1v) is 7.75. The number of ether oxygens (including phenoxy) is 2. The Hall–Kier alpha value is -2.23. The number of benzene rings is 1. The van der Waals surface area contributed by atoms with Crippen LogP contribution in [0.2, 0.25) is 0 Å². The summed E-state index contributed by atoms with van der Waals surface area (Å²) in [4.78, 5) is 10.8. The number of carboxylic acid groups (broad SMARTS) is 1. The van der Waals surface area contributed by atoms with Crippen molar-refractivity contribution in [3.05, 3.63) is 42.0 Å². The Labute approximate surface area is 137 Å². The maximum atomic E-state index is 10.8. The van der Waals surface area contributed by atoms with Gasteiger partial charge in [-0.05, 0) is 29.7 Å². The second-order valence-corrected chi connectivity index (χ2v) is 6.67. The Balaban J connectivity index is 2.39. The summed E-state index contributed by atoms with van der Waals surface area (Å²) in [6.07, 6.45) is 6.21. The monoisotopic (exact) mass is 316 g/mol. The fourth-order valence-corrected chi connectivity index (χ4v) is 2.54. The number of hydrogen-bond donors (Lipinski definition) is 1. The molecule has 0 fully saturated rings. The van der Waals surface area contributed by atoms with Gasteiger partial charge in [0.05, 0.1) is 20.1 Å². The number of carbonyl (C=O) groups is 1. The zero-order valence-corrected chi connectivity index (χ0v) is 14.1. The third-order valence-corrected chi connectivity index (χ3v) is 3.74. The van der Waals surface area contributed by atoms with E-state index in [0.717, 1.165) is 22.6 Å². The number of hydrogen-bond acceptors (Lipinski definition) is 3. The maximum absolute atomic E-state index is 10.8. The van der Waals surface area contributed by atoms with Crippen molar-refractivity contribution >= 4 is 11.5 Å². The van der Waals surface area contributed by atoms with E-state index in [2.05, 4.69) is 19.9 Å². The van der Waals surface area contributed by atoms with Crippen LogP contribution >= 0.6 is 0 Å². The molecule has 1 aliphatic rings. The lowest BCUT2D eigenvalue weighted by atomic mass is 9.90. The zero-order chi connectivity index (χ0) is 17.0. The summed E-state index contributed by atoms with van der Waals surface area (Å²) in [5.74, 6) is 0.764. The highest BCUT2D eigenvalue weighted by Crippen LogP contribution is 2.37. The lowest BCUT2D eigenvalue weighted by Crippen LogP contribution is -2.17. The number of carboxylic acids is 1. The molecule has 0 spiro atoms. The highest BCUT2D eigenvalue weighted by Gasteiger charge is 2.23. The second kappa shape index (κ2) is 6.90. The molecule has 1 aromatic carbocycles. The van der Waals surface area contributed by atoms with Gasteiger partial charge in [0.25, 0.3) is 0 Å². The van der Waals surface area contributed by atoms with E-state index in [4.69, 9.17) is 14.6 Å². The van der Waals surface area contributed by atoms with Crippen molar-refractivity contribution in [2.75, 3.05) is 13.7 Å². The summed E-state index contributed by atoms with van der Waals surface area (Å²) >= 11 is 0. The summed E-state index contributed by atoms with van der Waals surface area (Å²) < 4.78 is 11.2. The molecule has 0 saturated carbocycles. The molecule has 4 nitrogen and oxygen atoms in total. The molecule has 0 radical (unpaired) electrons. The molecular formula is C19H24O4. The first-order valence-electron chi connectivity index (χ1n) is 7.75. The van der Waals surface area contributed by atoms with E-state index in [1.54, 1.807) is 7.11 Å². The third kappa shape index (κ3) is 4.62. The van der Waals surface area contributed by atoms with Crippen LogP contribution < -0.4 is 9.47 Å². The zero-order valence-electron chi connectivity index (χ0n) is 14.1. The van der Waals surface area contributed by atoms with Crippen LogP contribution in [-0.4, -0.2) is 24.8 Å². The molecule has 1 aromatic rings. The average molecular weight is 316 g/mol. The standard InChI is InChI=1S/C19H24O4/c1-13(9-18(20)21)5-6-14-11-19(2,3)12-23-17-8-7-15(22-4)10-16(14)17/h5-8,10-11,13H,9,12H2,1-4H3,(H,20,21)/b6-5+. The summed E-state index contributed by atoms with van der Waals surface area (Å²) in [5.41, 5.74) is 1.88. The third-order valence-electron chi connectivity index (χ3n) is 3.74. The molecule has 1 aliphatic heterocycles. The molecule has 4 heteroatoms. The van der Waals surface area contributed by atoms with Gasteiger partial charge < -0.3 is 14.6 Å². The number of rotatable bonds is 5. The molecule has 1 N–H and O–H groups in total. The minimum atomic E-state index is -0.789. The quantitative estimate of drug-likeness (QED) is 0.886. The van der Waals surface area contributed by atoms with Crippen LogP contribution in [0.25, 0.3) is 5.57 Å². The van der Waals surface area contributed by atoms with Gasteiger partial charge >= 0.3 is 5.97 Å². The van der Waals surface area contributed by atoms with E-state index in [1.807, 2.05) is 37.3 Å². The molecule has 2 rings (SSSR count). The van der Waals surface area contributed by atoms with Crippen molar-refractivity contribution in [3.8, 4) is 11.5 Å². The van der Waals surface area contributed by atoms with Crippen molar-refractivity contribution in [2.24, 2.45) is 11.3 Å². The van der Waals surface area contributed by atoms with Gasteiger partial charge in [-0.1, -0.05) is 39.0 Å². The Morgan fingerprint density at radius 2 is 2.22 bits per heavy atom. The smallest absolute Gasteiger partial charge is 0.303 e. The predicted molar refractivity (Wildman–Crippen MR) is 90.8 cm³/mol. The molecule has 1 atom stereocenters. The number of aliphatic carboxylic acids is 1. The molecule has 0 aliphatic carbocycles. The predicted octanol–water partition coefficient (Wildman–Crippen LogP) is 4.16. The van der Waals surface area contributed by atoms with Crippen LogP contribution in [0.3, 0.4) is 0 Å². The molecular weight excluding hydrogens is 292 g/mol. The van der Waals surface area contributed by atoms with E-state index in [0.29, 0.717) is 6.61 Å². The molecule has 1 heterocycles. The lowest BCUT2D eigenvalue weighted by molar-refractivity contribution is -0.137. The number of fused-ring (bicyclic) bond motifs is 1. The van der Waals surface area contributed by atoms with Crippen LogP contribution in [0.1, 0.15) is 32.8 Å². The molecule has 0 aromatic heterocycles. The minimum Gasteiger partial charge on any atom is -0.497 e. The van der Waals surface area contributed by atoms with Gasteiger partial charge in [0, 0.05) is 11.0 Å². The van der Waals surface area contributed by atoms with Gasteiger partial charge in [-0.25, -0.2) is 0 Å². The molecule has 0 bridgehead atoms. The summed E-state index contributed by atoms with van der Waals surface area (Å²) in [7, 11) is 1.64. The van der Waals surface area contributed by atoms with Crippen LogP contribution in [0.4, 0.5) is 0 Å². The first-order chi connectivity index (χ1) is 10.8. The van der Waals surface area contributed by atoms with Crippen LogP contribution in [0.5, 0.6) is 11.5 Å². The maximum Gasteiger partial charge on any atom is 0.303 e. The van der Waals surface area contributed by atoms with E-state index in [1.165, 1.54) is 0 Å². The first kappa shape index (κ1) is 17.1. The van der Waals surface area contributed by atoms with E-state index in [-0.39, 0.29) is 17.8 Å². The SMILES string of the molecule is COc1ccc2c(c1)C(/C=C/C(C)CC(=O)O)=CC(C)(C)CO2. The number of allylic oxidation sites excluding steroid dienone is 3.